The maximum absolute atomic E-state index is 12.8. The van der Waals surface area contributed by atoms with E-state index in [0.717, 1.165) is 29.0 Å². The van der Waals surface area contributed by atoms with Crippen LogP contribution in [0.5, 0.6) is 0 Å². The Morgan fingerprint density at radius 1 is 1.20 bits per heavy atom. The van der Waals surface area contributed by atoms with E-state index in [9.17, 15) is 19.8 Å². The standard InChI is InChI=1S/C22H29N3O4S/c1-24(2)16-9-7-15(8-10-16)18-6-3-13-25(18)22(29)20(27)19(26)21(28)23-12-11-17-5-4-14-30-17/h4-5,7-10,14,18-20,26-27H,3,6,11-13H2,1-2H3,(H,23,28)/t18?,19-,20-/m1/s1. The Morgan fingerprint density at radius 3 is 2.57 bits per heavy atom. The van der Waals surface area contributed by atoms with E-state index in [2.05, 4.69) is 5.32 Å². The molecule has 1 aromatic heterocycles. The highest BCUT2D eigenvalue weighted by atomic mass is 32.1. The number of rotatable bonds is 8. The van der Waals surface area contributed by atoms with Gasteiger partial charge in [-0.3, -0.25) is 9.59 Å². The molecule has 2 amide bonds. The molecule has 0 bridgehead atoms. The number of nitrogens with zero attached hydrogens (tertiary/aromatic N) is 2. The number of benzene rings is 1. The van der Waals surface area contributed by atoms with Crippen LogP contribution in [-0.2, 0) is 16.0 Å². The average Bonchev–Trinajstić information content (AvgIpc) is 3.44. The van der Waals surface area contributed by atoms with Gasteiger partial charge in [0.2, 0.25) is 0 Å². The number of hydrogen-bond donors (Lipinski definition) is 3. The van der Waals surface area contributed by atoms with E-state index in [1.807, 2.05) is 60.8 Å². The molecule has 0 spiro atoms. The highest BCUT2D eigenvalue weighted by Crippen LogP contribution is 2.33. The summed E-state index contributed by atoms with van der Waals surface area (Å²) in [7, 11) is 3.92. The second-order valence-electron chi connectivity index (χ2n) is 7.69. The van der Waals surface area contributed by atoms with Crippen LogP contribution in [0.2, 0.25) is 0 Å². The van der Waals surface area contributed by atoms with Gasteiger partial charge in [-0.15, -0.1) is 11.3 Å². The first-order chi connectivity index (χ1) is 14.4. The number of nitrogens with one attached hydrogen (secondary N) is 1. The lowest BCUT2D eigenvalue weighted by atomic mass is 10.0. The summed E-state index contributed by atoms with van der Waals surface area (Å²) < 4.78 is 0. The van der Waals surface area contributed by atoms with E-state index >= 15 is 0 Å². The largest absolute Gasteiger partial charge is 0.380 e. The Hall–Kier alpha value is -2.42. The molecule has 0 aliphatic carbocycles. The van der Waals surface area contributed by atoms with Gasteiger partial charge >= 0.3 is 0 Å². The molecule has 162 valence electrons. The van der Waals surface area contributed by atoms with Gasteiger partial charge in [0.05, 0.1) is 6.04 Å². The van der Waals surface area contributed by atoms with Crippen LogP contribution < -0.4 is 10.2 Å². The Morgan fingerprint density at radius 2 is 1.93 bits per heavy atom. The first-order valence-electron chi connectivity index (χ1n) is 10.1. The third-order valence-electron chi connectivity index (χ3n) is 5.40. The van der Waals surface area contributed by atoms with Crippen molar-refractivity contribution in [3.63, 3.8) is 0 Å². The third kappa shape index (κ3) is 5.19. The highest BCUT2D eigenvalue weighted by Gasteiger charge is 2.38. The van der Waals surface area contributed by atoms with Crippen LogP contribution >= 0.6 is 11.3 Å². The predicted molar refractivity (Wildman–Crippen MR) is 118 cm³/mol. The Bertz CT molecular complexity index is 839. The van der Waals surface area contributed by atoms with Crippen LogP contribution in [0.25, 0.3) is 0 Å². The number of anilines is 1. The number of thiophene rings is 1. The summed E-state index contributed by atoms with van der Waals surface area (Å²) in [6, 6.07) is 11.7. The van der Waals surface area contributed by atoms with Gasteiger partial charge in [0.15, 0.2) is 12.2 Å². The highest BCUT2D eigenvalue weighted by molar-refractivity contribution is 7.09. The zero-order chi connectivity index (χ0) is 21.7. The molecule has 1 aromatic carbocycles. The average molecular weight is 432 g/mol. The third-order valence-corrected chi connectivity index (χ3v) is 6.34. The molecule has 2 heterocycles. The van der Waals surface area contributed by atoms with Crippen molar-refractivity contribution < 1.29 is 19.8 Å². The molecule has 0 radical (unpaired) electrons. The topological polar surface area (TPSA) is 93.1 Å². The maximum atomic E-state index is 12.8. The molecule has 8 heteroatoms. The fourth-order valence-electron chi connectivity index (χ4n) is 3.69. The Kier molecular flexibility index (Phi) is 7.47. The van der Waals surface area contributed by atoms with Crippen LogP contribution in [0.3, 0.4) is 0 Å². The quantitative estimate of drug-likeness (QED) is 0.590. The minimum Gasteiger partial charge on any atom is -0.380 e. The van der Waals surface area contributed by atoms with E-state index < -0.39 is 24.0 Å². The van der Waals surface area contributed by atoms with Crippen LogP contribution in [0.15, 0.2) is 41.8 Å². The minimum atomic E-state index is -1.79. The first kappa shape index (κ1) is 22.3. The molecule has 3 atom stereocenters. The summed E-state index contributed by atoms with van der Waals surface area (Å²) in [6.45, 7) is 0.824. The van der Waals surface area contributed by atoms with Crippen LogP contribution in [0.1, 0.15) is 29.3 Å². The first-order valence-corrected chi connectivity index (χ1v) is 11.0. The predicted octanol–water partition coefficient (Wildman–Crippen LogP) is 1.56. The zero-order valence-electron chi connectivity index (χ0n) is 17.3. The maximum Gasteiger partial charge on any atom is 0.255 e. The zero-order valence-corrected chi connectivity index (χ0v) is 18.1. The normalized spacial score (nSPS) is 18.1. The van der Waals surface area contributed by atoms with Gasteiger partial charge in [-0.05, 0) is 48.4 Å². The monoisotopic (exact) mass is 431 g/mol. The van der Waals surface area contributed by atoms with Gasteiger partial charge < -0.3 is 25.3 Å². The molecular formula is C22H29N3O4S. The van der Waals surface area contributed by atoms with Gasteiger partial charge in [-0.1, -0.05) is 18.2 Å². The van der Waals surface area contributed by atoms with Crippen LogP contribution in [0, 0.1) is 0 Å². The molecule has 1 saturated heterocycles. The molecule has 7 nitrogen and oxygen atoms in total. The molecule has 0 saturated carbocycles. The molecule has 2 aromatic rings. The summed E-state index contributed by atoms with van der Waals surface area (Å²) in [5.41, 5.74) is 2.04. The molecule has 1 aliphatic rings. The molecule has 1 aliphatic heterocycles. The summed E-state index contributed by atoms with van der Waals surface area (Å²) in [5, 5.41) is 25.1. The number of hydrogen-bond acceptors (Lipinski definition) is 6. The summed E-state index contributed by atoms with van der Waals surface area (Å²) in [5.74, 6) is -1.35. The van der Waals surface area contributed by atoms with Crippen molar-refractivity contribution in [2.75, 3.05) is 32.1 Å². The summed E-state index contributed by atoms with van der Waals surface area (Å²) in [6.07, 6.45) is -1.35. The number of amides is 2. The van der Waals surface area contributed by atoms with Crippen molar-refractivity contribution in [2.24, 2.45) is 0 Å². The van der Waals surface area contributed by atoms with Gasteiger partial charge in [0.1, 0.15) is 0 Å². The van der Waals surface area contributed by atoms with E-state index in [-0.39, 0.29) is 6.04 Å². The number of carbonyl (C=O) groups is 2. The van der Waals surface area contributed by atoms with Crippen molar-refractivity contribution in [3.05, 3.63) is 52.2 Å². The van der Waals surface area contributed by atoms with E-state index in [1.54, 1.807) is 16.2 Å². The van der Waals surface area contributed by atoms with Crippen molar-refractivity contribution in [2.45, 2.75) is 37.5 Å². The Labute approximate surface area is 180 Å². The smallest absolute Gasteiger partial charge is 0.255 e. The molecular weight excluding hydrogens is 402 g/mol. The van der Waals surface area contributed by atoms with Crippen molar-refractivity contribution in [3.8, 4) is 0 Å². The van der Waals surface area contributed by atoms with Crippen molar-refractivity contribution >= 4 is 28.8 Å². The second kappa shape index (κ2) is 10.1. The molecule has 3 rings (SSSR count). The van der Waals surface area contributed by atoms with E-state index in [0.29, 0.717) is 19.5 Å². The molecule has 1 unspecified atom stereocenters. The summed E-state index contributed by atoms with van der Waals surface area (Å²) >= 11 is 1.58. The minimum absolute atomic E-state index is 0.169. The van der Waals surface area contributed by atoms with E-state index in [4.69, 9.17) is 0 Å². The van der Waals surface area contributed by atoms with Crippen LogP contribution in [-0.4, -0.2) is 66.3 Å². The number of aliphatic hydroxyl groups is 2. The van der Waals surface area contributed by atoms with Gasteiger partial charge in [0.25, 0.3) is 11.8 Å². The van der Waals surface area contributed by atoms with Gasteiger partial charge in [-0.2, -0.15) is 0 Å². The number of likely N-dealkylation sites (tertiary alicyclic amines) is 1. The summed E-state index contributed by atoms with van der Waals surface area (Å²) in [4.78, 5) is 29.7. The van der Waals surface area contributed by atoms with E-state index in [1.165, 1.54) is 0 Å². The fraction of sp³-hybridized carbons (Fsp3) is 0.455. The van der Waals surface area contributed by atoms with Gasteiger partial charge in [-0.25, -0.2) is 0 Å². The lowest BCUT2D eigenvalue weighted by Gasteiger charge is -2.29. The fourth-order valence-corrected chi connectivity index (χ4v) is 4.40. The Balaban J connectivity index is 1.58. The molecule has 1 fully saturated rings. The van der Waals surface area contributed by atoms with Gasteiger partial charge in [0, 0.05) is 37.7 Å². The second-order valence-corrected chi connectivity index (χ2v) is 8.72. The number of carbonyl (C=O) groups excluding carboxylic acids is 2. The lowest BCUT2D eigenvalue weighted by Crippen LogP contribution is -2.50. The van der Waals surface area contributed by atoms with Crippen molar-refractivity contribution in [1.29, 1.82) is 0 Å². The van der Waals surface area contributed by atoms with Crippen LogP contribution in [0.4, 0.5) is 5.69 Å². The molecule has 3 N–H and O–H groups in total. The molecule has 30 heavy (non-hydrogen) atoms. The lowest BCUT2D eigenvalue weighted by molar-refractivity contribution is -0.153. The SMILES string of the molecule is CN(C)c1ccc(C2CCCN2C(=O)[C@H](O)[C@@H](O)C(=O)NCCc2cccs2)cc1. The number of aliphatic hydroxyl groups excluding tert-OH is 2. The van der Waals surface area contributed by atoms with Crippen molar-refractivity contribution in [1.82, 2.24) is 10.2 Å².